The summed E-state index contributed by atoms with van der Waals surface area (Å²) in [6, 6.07) is 3.20. The molecule has 1 aliphatic heterocycles. The highest BCUT2D eigenvalue weighted by Crippen LogP contribution is 2.29. The molecular weight excluding hydrogens is 438 g/mol. The molecule has 0 spiro atoms. The third kappa shape index (κ3) is 7.20. The minimum absolute atomic E-state index is 0.0499. The first-order chi connectivity index (χ1) is 14.9. The Morgan fingerprint density at radius 1 is 1.06 bits per heavy atom. The number of nitrogens with one attached hydrogen (secondary N) is 2. The molecule has 178 valence electrons. The van der Waals surface area contributed by atoms with Crippen molar-refractivity contribution in [3.8, 4) is 5.75 Å². The zero-order valence-electron chi connectivity index (χ0n) is 18.9. The van der Waals surface area contributed by atoms with Gasteiger partial charge in [-0.3, -0.25) is 10.1 Å². The van der Waals surface area contributed by atoms with Crippen LogP contribution in [0.15, 0.2) is 23.1 Å². The van der Waals surface area contributed by atoms with Crippen molar-refractivity contribution in [2.24, 2.45) is 0 Å². The van der Waals surface area contributed by atoms with Gasteiger partial charge in [0.2, 0.25) is 10.0 Å². The van der Waals surface area contributed by atoms with E-state index in [1.165, 1.54) is 29.6 Å². The lowest BCUT2D eigenvalue weighted by Crippen LogP contribution is -2.49. The predicted molar refractivity (Wildman–Crippen MR) is 117 cm³/mol. The number of hydrogen-bond donors (Lipinski definition) is 2. The van der Waals surface area contributed by atoms with E-state index < -0.39 is 40.1 Å². The van der Waals surface area contributed by atoms with Crippen LogP contribution >= 0.6 is 0 Å². The standard InChI is InChI=1S/C21H31N3O7S/c1-21(2,3)23-20(27)22-18(25)14-31-19(26)15-9-10-16(30-4)17(13-15)32(28,29)24-11-7-5-6-8-12-24/h9-10,13H,5-8,11-12,14H2,1-4H3,(H2,22,23,25,27). The molecule has 1 aromatic carbocycles. The summed E-state index contributed by atoms with van der Waals surface area (Å²) >= 11 is 0. The van der Waals surface area contributed by atoms with E-state index in [0.29, 0.717) is 13.1 Å². The van der Waals surface area contributed by atoms with Gasteiger partial charge in [0.1, 0.15) is 10.6 Å². The van der Waals surface area contributed by atoms with E-state index >= 15 is 0 Å². The Balaban J connectivity index is 2.11. The number of carbonyl (C=O) groups is 3. The maximum atomic E-state index is 13.2. The third-order valence-electron chi connectivity index (χ3n) is 4.66. The molecule has 0 radical (unpaired) electrons. The summed E-state index contributed by atoms with van der Waals surface area (Å²) in [4.78, 5) is 35.9. The monoisotopic (exact) mass is 469 g/mol. The van der Waals surface area contributed by atoms with Crippen LogP contribution in [0.25, 0.3) is 0 Å². The lowest BCUT2D eigenvalue weighted by Gasteiger charge is -2.21. The number of nitrogens with zero attached hydrogens (tertiary/aromatic N) is 1. The second kappa shape index (κ2) is 10.8. The van der Waals surface area contributed by atoms with E-state index in [9.17, 15) is 22.8 Å². The lowest BCUT2D eigenvalue weighted by molar-refractivity contribution is -0.123. The fraction of sp³-hybridized carbons (Fsp3) is 0.571. The molecule has 1 aromatic rings. The number of carbonyl (C=O) groups excluding carboxylic acids is 3. The van der Waals surface area contributed by atoms with E-state index in [4.69, 9.17) is 9.47 Å². The van der Waals surface area contributed by atoms with Crippen LogP contribution in [-0.2, 0) is 19.6 Å². The van der Waals surface area contributed by atoms with Crippen molar-refractivity contribution in [3.05, 3.63) is 23.8 Å². The third-order valence-corrected chi connectivity index (χ3v) is 6.58. The van der Waals surface area contributed by atoms with E-state index in [1.807, 2.05) is 0 Å². The molecule has 3 amide bonds. The van der Waals surface area contributed by atoms with Crippen LogP contribution in [0.4, 0.5) is 4.79 Å². The van der Waals surface area contributed by atoms with Crippen molar-refractivity contribution >= 4 is 27.9 Å². The van der Waals surface area contributed by atoms with Gasteiger partial charge in [-0.05, 0) is 51.8 Å². The van der Waals surface area contributed by atoms with Crippen molar-refractivity contribution in [2.75, 3.05) is 26.8 Å². The first-order valence-electron chi connectivity index (χ1n) is 10.4. The Bertz CT molecular complexity index is 947. The maximum absolute atomic E-state index is 13.2. The van der Waals surface area contributed by atoms with E-state index in [1.54, 1.807) is 20.8 Å². The average Bonchev–Trinajstić information content (AvgIpc) is 3.00. The lowest BCUT2D eigenvalue weighted by atomic mass is 10.1. The van der Waals surface area contributed by atoms with Crippen molar-refractivity contribution in [1.82, 2.24) is 14.9 Å². The molecule has 0 saturated carbocycles. The predicted octanol–water partition coefficient (Wildman–Crippen LogP) is 2.04. The molecule has 0 aromatic heterocycles. The molecule has 0 aliphatic carbocycles. The normalized spacial score (nSPS) is 15.4. The summed E-state index contributed by atoms with van der Waals surface area (Å²) in [5.41, 5.74) is -0.592. The number of hydrogen-bond acceptors (Lipinski definition) is 7. The maximum Gasteiger partial charge on any atom is 0.338 e. The van der Waals surface area contributed by atoms with Crippen LogP contribution in [0.5, 0.6) is 5.75 Å². The summed E-state index contributed by atoms with van der Waals surface area (Å²) in [6.07, 6.45) is 3.46. The second-order valence-electron chi connectivity index (χ2n) is 8.51. The minimum Gasteiger partial charge on any atom is -0.495 e. The fourth-order valence-corrected chi connectivity index (χ4v) is 4.87. The summed E-state index contributed by atoms with van der Waals surface area (Å²) in [5, 5.41) is 4.60. The van der Waals surface area contributed by atoms with E-state index in [-0.39, 0.29) is 16.2 Å². The summed E-state index contributed by atoms with van der Waals surface area (Å²) in [6.45, 7) is 5.35. The van der Waals surface area contributed by atoms with Gasteiger partial charge in [0.05, 0.1) is 12.7 Å². The molecule has 11 heteroatoms. The first-order valence-corrected chi connectivity index (χ1v) is 11.9. The van der Waals surface area contributed by atoms with Crippen molar-refractivity contribution in [2.45, 2.75) is 56.9 Å². The molecule has 1 fully saturated rings. The van der Waals surface area contributed by atoms with Crippen LogP contribution < -0.4 is 15.4 Å². The number of urea groups is 1. The SMILES string of the molecule is COc1ccc(C(=O)OCC(=O)NC(=O)NC(C)(C)C)cc1S(=O)(=O)N1CCCCCC1. The van der Waals surface area contributed by atoms with Crippen molar-refractivity contribution in [3.63, 3.8) is 0 Å². The highest BCUT2D eigenvalue weighted by atomic mass is 32.2. The topological polar surface area (TPSA) is 131 Å². The van der Waals surface area contributed by atoms with Crippen molar-refractivity contribution in [1.29, 1.82) is 0 Å². The number of amides is 3. The molecular formula is C21H31N3O7S. The molecule has 1 heterocycles. The number of esters is 1. The van der Waals surface area contributed by atoms with Gasteiger partial charge in [0, 0.05) is 18.6 Å². The Labute approximate surface area is 188 Å². The quantitative estimate of drug-likeness (QED) is 0.610. The van der Waals surface area contributed by atoms with E-state index in [2.05, 4.69) is 10.6 Å². The van der Waals surface area contributed by atoms with Crippen LogP contribution in [0.2, 0.25) is 0 Å². The number of sulfonamides is 1. The van der Waals surface area contributed by atoms with Gasteiger partial charge in [-0.25, -0.2) is 18.0 Å². The highest BCUT2D eigenvalue weighted by Gasteiger charge is 2.29. The van der Waals surface area contributed by atoms with Crippen LogP contribution in [0.1, 0.15) is 56.8 Å². The Morgan fingerprint density at radius 3 is 2.25 bits per heavy atom. The van der Waals surface area contributed by atoms with E-state index in [0.717, 1.165) is 25.7 Å². The van der Waals surface area contributed by atoms with Gasteiger partial charge in [-0.1, -0.05) is 12.8 Å². The molecule has 0 atom stereocenters. The summed E-state index contributed by atoms with van der Waals surface area (Å²) in [5.74, 6) is -1.60. The Morgan fingerprint density at radius 2 is 1.69 bits per heavy atom. The number of benzene rings is 1. The van der Waals surface area contributed by atoms with Crippen molar-refractivity contribution < 1.29 is 32.3 Å². The molecule has 1 aliphatic rings. The minimum atomic E-state index is -3.88. The van der Waals surface area contributed by atoms with Crippen LogP contribution in [0, 0.1) is 0 Å². The highest BCUT2D eigenvalue weighted by molar-refractivity contribution is 7.89. The van der Waals surface area contributed by atoms with Gasteiger partial charge in [0.15, 0.2) is 6.61 Å². The number of methoxy groups -OCH3 is 1. The van der Waals surface area contributed by atoms with Gasteiger partial charge in [-0.2, -0.15) is 4.31 Å². The summed E-state index contributed by atoms with van der Waals surface area (Å²) < 4.78 is 37.9. The van der Waals surface area contributed by atoms with Gasteiger partial charge >= 0.3 is 12.0 Å². The zero-order chi connectivity index (χ0) is 23.9. The Hall–Kier alpha value is -2.66. The van der Waals surface area contributed by atoms with Gasteiger partial charge < -0.3 is 14.8 Å². The summed E-state index contributed by atoms with van der Waals surface area (Å²) in [7, 11) is -2.53. The molecule has 2 rings (SSSR count). The molecule has 10 nitrogen and oxygen atoms in total. The molecule has 1 saturated heterocycles. The largest absolute Gasteiger partial charge is 0.495 e. The number of rotatable bonds is 6. The van der Waals surface area contributed by atoms with Crippen LogP contribution in [-0.4, -0.2) is 63.0 Å². The Kier molecular flexibility index (Phi) is 8.62. The second-order valence-corrected chi connectivity index (χ2v) is 10.4. The number of imide groups is 1. The first kappa shape index (κ1) is 25.6. The molecule has 0 bridgehead atoms. The average molecular weight is 470 g/mol. The molecule has 2 N–H and O–H groups in total. The molecule has 0 unspecified atom stereocenters. The fourth-order valence-electron chi connectivity index (χ4n) is 3.18. The van der Waals surface area contributed by atoms with Gasteiger partial charge in [-0.15, -0.1) is 0 Å². The van der Waals surface area contributed by atoms with Gasteiger partial charge in [0.25, 0.3) is 5.91 Å². The smallest absolute Gasteiger partial charge is 0.338 e. The molecule has 32 heavy (non-hydrogen) atoms. The number of ether oxygens (including phenoxy) is 2. The van der Waals surface area contributed by atoms with Crippen LogP contribution in [0.3, 0.4) is 0 Å². The zero-order valence-corrected chi connectivity index (χ0v) is 19.7.